The maximum atomic E-state index is 10.7. The molecule has 2 aromatic carbocycles. The molecule has 6 heteroatoms. The van der Waals surface area contributed by atoms with Gasteiger partial charge in [-0.1, -0.05) is 23.7 Å². The van der Waals surface area contributed by atoms with Crippen molar-refractivity contribution in [2.75, 3.05) is 13.2 Å². The van der Waals surface area contributed by atoms with Crippen molar-refractivity contribution in [2.24, 2.45) is 0 Å². The third-order valence-electron chi connectivity index (χ3n) is 5.93. The molecule has 3 heterocycles. The molecule has 31 heavy (non-hydrogen) atoms. The summed E-state index contributed by atoms with van der Waals surface area (Å²) < 4.78 is 7.21. The zero-order valence-electron chi connectivity index (χ0n) is 17.3. The summed E-state index contributed by atoms with van der Waals surface area (Å²) in [5.41, 5.74) is 2.16. The number of halogens is 1. The topological polar surface area (TPSA) is 57.3 Å². The fraction of sp³-hybridized carbons (Fsp3) is 0.280. The van der Waals surface area contributed by atoms with E-state index in [2.05, 4.69) is 35.4 Å². The molecule has 160 valence electrons. The Balaban J connectivity index is 1.25. The van der Waals surface area contributed by atoms with Gasteiger partial charge in [0.1, 0.15) is 12.4 Å². The van der Waals surface area contributed by atoms with Crippen molar-refractivity contribution >= 4 is 49.5 Å². The summed E-state index contributed by atoms with van der Waals surface area (Å²) in [5.74, 6) is 0.795. The van der Waals surface area contributed by atoms with E-state index in [0.717, 1.165) is 34.6 Å². The molecule has 1 aliphatic heterocycles. The fourth-order valence-electron chi connectivity index (χ4n) is 4.43. The van der Waals surface area contributed by atoms with Crippen molar-refractivity contribution in [1.29, 1.82) is 0 Å². The van der Waals surface area contributed by atoms with Gasteiger partial charge < -0.3 is 20.1 Å². The number of H-pyrrole nitrogens is 1. The summed E-state index contributed by atoms with van der Waals surface area (Å²) in [7, 11) is 0. The number of rotatable bonds is 6. The number of fused-ring (bicyclic) bond motifs is 2. The van der Waals surface area contributed by atoms with Gasteiger partial charge in [-0.2, -0.15) is 0 Å². The Labute approximate surface area is 190 Å². The summed E-state index contributed by atoms with van der Waals surface area (Å²) >= 11 is 7.95. The predicted molar refractivity (Wildman–Crippen MR) is 130 cm³/mol. The van der Waals surface area contributed by atoms with Gasteiger partial charge in [-0.05, 0) is 73.2 Å². The Morgan fingerprint density at radius 2 is 2.13 bits per heavy atom. The van der Waals surface area contributed by atoms with Crippen LogP contribution in [0.15, 0.2) is 60.8 Å². The van der Waals surface area contributed by atoms with E-state index in [0.29, 0.717) is 6.42 Å². The number of hydrogen-bond acceptors (Lipinski definition) is 4. The number of nitrogens with one attached hydrogen (secondary N) is 2. The Morgan fingerprint density at radius 3 is 3.03 bits per heavy atom. The quantitative estimate of drug-likeness (QED) is 0.336. The van der Waals surface area contributed by atoms with Crippen LogP contribution in [-0.2, 0) is 0 Å². The van der Waals surface area contributed by atoms with Gasteiger partial charge in [0.15, 0.2) is 0 Å². The molecule has 0 saturated carbocycles. The summed E-state index contributed by atoms with van der Waals surface area (Å²) in [5, 5.41) is 17.3. The van der Waals surface area contributed by atoms with E-state index < -0.39 is 6.10 Å². The minimum Gasteiger partial charge on any atom is -0.490 e. The van der Waals surface area contributed by atoms with Crippen LogP contribution in [0.25, 0.3) is 26.6 Å². The normalized spacial score (nSPS) is 20.2. The Kier molecular flexibility index (Phi) is 5.52. The largest absolute Gasteiger partial charge is 0.490 e. The molecular formula is C25H25ClN2O2S. The highest BCUT2D eigenvalue weighted by Crippen LogP contribution is 2.38. The number of thiophene rings is 1. The smallest absolute Gasteiger partial charge is 0.128 e. The Bertz CT molecular complexity index is 1260. The lowest BCUT2D eigenvalue weighted by molar-refractivity contribution is 0.0748. The van der Waals surface area contributed by atoms with Crippen molar-refractivity contribution in [3.63, 3.8) is 0 Å². The molecule has 5 rings (SSSR count). The maximum absolute atomic E-state index is 10.7. The first-order chi connectivity index (χ1) is 15.0. The van der Waals surface area contributed by atoms with Crippen LogP contribution in [-0.4, -0.2) is 34.9 Å². The number of aliphatic hydroxyl groups is 1. The molecule has 4 aromatic rings. The van der Waals surface area contributed by atoms with E-state index in [-0.39, 0.29) is 12.1 Å². The standard InChI is InChI=1S/C25H25ClN2O2S/c1-25(14-19(29)15-30-22-4-2-3-21-20(22)8-9-27-21)13-16(7-10-28-25)24-12-17-11-18(26)5-6-23(17)31-24/h2-9,11-12,19,27-29H,10,13-15H2,1H3/t19-,25?/m0/s1. The van der Waals surface area contributed by atoms with Crippen LogP contribution in [0.3, 0.4) is 0 Å². The molecule has 3 N–H and O–H groups in total. The molecule has 0 spiro atoms. The molecule has 0 bridgehead atoms. The Hall–Kier alpha value is -2.31. The summed E-state index contributed by atoms with van der Waals surface area (Å²) in [6.45, 7) is 3.24. The van der Waals surface area contributed by atoms with Gasteiger partial charge in [-0.15, -0.1) is 11.3 Å². The van der Waals surface area contributed by atoms with Gasteiger partial charge in [0.25, 0.3) is 0 Å². The van der Waals surface area contributed by atoms with Gasteiger partial charge in [-0.25, -0.2) is 0 Å². The van der Waals surface area contributed by atoms with Gasteiger partial charge in [0.2, 0.25) is 0 Å². The maximum Gasteiger partial charge on any atom is 0.128 e. The molecule has 0 aliphatic carbocycles. The van der Waals surface area contributed by atoms with Crippen LogP contribution in [0, 0.1) is 0 Å². The number of aromatic nitrogens is 1. The predicted octanol–water partition coefficient (Wildman–Crippen LogP) is 6.00. The van der Waals surface area contributed by atoms with E-state index in [9.17, 15) is 5.11 Å². The molecule has 1 unspecified atom stereocenters. The monoisotopic (exact) mass is 452 g/mol. The molecule has 0 saturated heterocycles. The van der Waals surface area contributed by atoms with Crippen LogP contribution < -0.4 is 10.1 Å². The number of hydrogen-bond donors (Lipinski definition) is 3. The molecule has 0 radical (unpaired) electrons. The number of aromatic amines is 1. The minimum atomic E-state index is -0.563. The summed E-state index contributed by atoms with van der Waals surface area (Å²) in [4.78, 5) is 4.46. The number of benzene rings is 2. The lowest BCUT2D eigenvalue weighted by Gasteiger charge is -2.36. The van der Waals surface area contributed by atoms with E-state index >= 15 is 0 Å². The molecule has 1 aliphatic rings. The van der Waals surface area contributed by atoms with Crippen molar-refractivity contribution in [1.82, 2.24) is 10.3 Å². The second-order valence-corrected chi connectivity index (χ2v) is 10.0. The first kappa shape index (κ1) is 20.6. The van der Waals surface area contributed by atoms with Crippen LogP contribution in [0.5, 0.6) is 5.75 Å². The van der Waals surface area contributed by atoms with Crippen molar-refractivity contribution in [2.45, 2.75) is 31.4 Å². The first-order valence-electron chi connectivity index (χ1n) is 10.5. The third kappa shape index (κ3) is 4.37. The highest BCUT2D eigenvalue weighted by molar-refractivity contribution is 7.20. The third-order valence-corrected chi connectivity index (χ3v) is 7.35. The highest BCUT2D eigenvalue weighted by atomic mass is 35.5. The minimum absolute atomic E-state index is 0.194. The second kappa shape index (κ2) is 8.32. The lowest BCUT2D eigenvalue weighted by Crippen LogP contribution is -2.48. The lowest BCUT2D eigenvalue weighted by atomic mass is 9.84. The van der Waals surface area contributed by atoms with Gasteiger partial charge >= 0.3 is 0 Å². The molecule has 0 amide bonds. The highest BCUT2D eigenvalue weighted by Gasteiger charge is 2.31. The molecular weight excluding hydrogens is 428 g/mol. The van der Waals surface area contributed by atoms with E-state index in [4.69, 9.17) is 16.3 Å². The zero-order valence-corrected chi connectivity index (χ0v) is 18.9. The second-order valence-electron chi connectivity index (χ2n) is 8.50. The zero-order chi connectivity index (χ0) is 21.4. The molecule has 4 nitrogen and oxygen atoms in total. The summed E-state index contributed by atoms with van der Waals surface area (Å²) in [6, 6.07) is 16.2. The van der Waals surface area contributed by atoms with Crippen LogP contribution in [0.2, 0.25) is 5.02 Å². The first-order valence-corrected chi connectivity index (χ1v) is 11.7. The van der Waals surface area contributed by atoms with Crippen LogP contribution >= 0.6 is 22.9 Å². The van der Waals surface area contributed by atoms with Gasteiger partial charge in [-0.3, -0.25) is 0 Å². The van der Waals surface area contributed by atoms with Crippen LogP contribution in [0.4, 0.5) is 0 Å². The SMILES string of the molecule is CC1(C[C@H](O)COc2cccc3[nH]ccc23)CC(c2cc3cc(Cl)ccc3s2)=CCN1. The van der Waals surface area contributed by atoms with E-state index in [1.807, 2.05) is 42.6 Å². The van der Waals surface area contributed by atoms with E-state index in [1.54, 1.807) is 11.3 Å². The van der Waals surface area contributed by atoms with Crippen molar-refractivity contribution in [3.05, 3.63) is 70.7 Å². The fourth-order valence-corrected chi connectivity index (χ4v) is 5.69. The average molecular weight is 453 g/mol. The van der Waals surface area contributed by atoms with E-state index in [1.165, 1.54) is 20.5 Å². The molecule has 2 atom stereocenters. The number of ether oxygens (including phenoxy) is 1. The van der Waals surface area contributed by atoms with Crippen molar-refractivity contribution in [3.8, 4) is 5.75 Å². The van der Waals surface area contributed by atoms with Crippen molar-refractivity contribution < 1.29 is 9.84 Å². The average Bonchev–Trinajstić information content (AvgIpc) is 3.38. The number of aliphatic hydroxyl groups excluding tert-OH is 1. The Morgan fingerprint density at radius 1 is 1.23 bits per heavy atom. The van der Waals surface area contributed by atoms with Gasteiger partial charge in [0.05, 0.1) is 6.10 Å². The van der Waals surface area contributed by atoms with Gasteiger partial charge in [0, 0.05) is 43.8 Å². The summed E-state index contributed by atoms with van der Waals surface area (Å²) in [6.07, 6.45) is 5.06. The molecule has 2 aromatic heterocycles. The molecule has 0 fully saturated rings. The van der Waals surface area contributed by atoms with Crippen LogP contribution in [0.1, 0.15) is 24.6 Å².